The molecule has 0 aromatic carbocycles. The molecule has 0 radical (unpaired) electrons. The van der Waals surface area contributed by atoms with Gasteiger partial charge in [0.25, 0.3) is 0 Å². The Kier molecular flexibility index (Phi) is 2.16. The number of rotatable bonds is 2. The van der Waals surface area contributed by atoms with E-state index in [-0.39, 0.29) is 0 Å². The molecular formula is C11H22N2. The summed E-state index contributed by atoms with van der Waals surface area (Å²) >= 11 is 0. The van der Waals surface area contributed by atoms with Crippen LogP contribution >= 0.6 is 0 Å². The van der Waals surface area contributed by atoms with Gasteiger partial charge < -0.3 is 0 Å². The highest BCUT2D eigenvalue weighted by Crippen LogP contribution is 2.46. The van der Waals surface area contributed by atoms with Crippen molar-refractivity contribution in [2.75, 3.05) is 0 Å². The maximum Gasteiger partial charge on any atom is 0.0393 e. The number of nitrogens with one attached hydrogen (secondary N) is 2. The summed E-state index contributed by atoms with van der Waals surface area (Å²) in [6, 6.07) is 0.723. The van der Waals surface area contributed by atoms with Crippen LogP contribution < -0.4 is 10.9 Å². The molecule has 1 saturated heterocycles. The van der Waals surface area contributed by atoms with Gasteiger partial charge in [-0.2, -0.15) is 0 Å². The van der Waals surface area contributed by atoms with Gasteiger partial charge >= 0.3 is 0 Å². The average Bonchev–Trinajstić information content (AvgIpc) is 2.60. The van der Waals surface area contributed by atoms with E-state index in [0.29, 0.717) is 5.54 Å². The highest BCUT2D eigenvalue weighted by atomic mass is 15.5. The lowest BCUT2D eigenvalue weighted by Gasteiger charge is -2.38. The van der Waals surface area contributed by atoms with Gasteiger partial charge in [-0.3, -0.25) is 10.9 Å². The van der Waals surface area contributed by atoms with E-state index >= 15 is 0 Å². The maximum atomic E-state index is 3.55. The van der Waals surface area contributed by atoms with E-state index in [1.165, 1.54) is 12.8 Å². The molecule has 2 fully saturated rings. The Morgan fingerprint density at radius 1 is 1.31 bits per heavy atom. The Morgan fingerprint density at radius 3 is 2.31 bits per heavy atom. The van der Waals surface area contributed by atoms with Crippen molar-refractivity contribution in [3.8, 4) is 0 Å². The molecule has 2 heteroatoms. The molecular weight excluding hydrogens is 160 g/mol. The molecule has 1 saturated carbocycles. The predicted molar refractivity (Wildman–Crippen MR) is 55.2 cm³/mol. The zero-order valence-corrected chi connectivity index (χ0v) is 9.22. The van der Waals surface area contributed by atoms with Crippen molar-refractivity contribution in [2.24, 2.45) is 17.8 Å². The molecule has 1 aliphatic carbocycles. The van der Waals surface area contributed by atoms with Gasteiger partial charge in [-0.25, -0.2) is 0 Å². The summed E-state index contributed by atoms with van der Waals surface area (Å²) in [6.07, 6.45) is 2.70. The molecule has 2 N–H and O–H groups in total. The van der Waals surface area contributed by atoms with Crippen molar-refractivity contribution in [1.82, 2.24) is 10.9 Å². The predicted octanol–water partition coefficient (Wildman–Crippen LogP) is 1.92. The van der Waals surface area contributed by atoms with Crippen LogP contribution in [0.15, 0.2) is 0 Å². The van der Waals surface area contributed by atoms with Crippen LogP contribution in [0.1, 0.15) is 40.5 Å². The molecule has 2 nitrogen and oxygen atoms in total. The number of hydrazine groups is 1. The van der Waals surface area contributed by atoms with Gasteiger partial charge in [0, 0.05) is 11.6 Å². The second-order valence-electron chi connectivity index (χ2n) is 5.28. The minimum absolute atomic E-state index is 0.388. The fourth-order valence-corrected chi connectivity index (χ4v) is 3.18. The van der Waals surface area contributed by atoms with Crippen molar-refractivity contribution in [1.29, 1.82) is 0 Å². The Balaban J connectivity index is 2.20. The number of hydrogen-bond donors (Lipinski definition) is 2. The molecule has 2 aliphatic rings. The third-order valence-corrected chi connectivity index (χ3v) is 4.59. The standard InChI is InChI=1S/C11H22N2/c1-7(2)8(3)11-6-5-10(9(11)4)12-13-11/h7-10,12-13H,5-6H2,1-4H3. The third-order valence-electron chi connectivity index (χ3n) is 4.59. The zero-order chi connectivity index (χ0) is 9.64. The summed E-state index contributed by atoms with van der Waals surface area (Å²) in [5, 5.41) is 0. The van der Waals surface area contributed by atoms with Crippen LogP contribution in [0, 0.1) is 17.8 Å². The minimum Gasteiger partial charge on any atom is -0.254 e. The van der Waals surface area contributed by atoms with Crippen LogP contribution in [-0.4, -0.2) is 11.6 Å². The van der Waals surface area contributed by atoms with Crippen LogP contribution in [0.5, 0.6) is 0 Å². The molecule has 0 spiro atoms. The molecule has 2 bridgehead atoms. The van der Waals surface area contributed by atoms with Gasteiger partial charge in [0.15, 0.2) is 0 Å². The summed E-state index contributed by atoms with van der Waals surface area (Å²) in [6.45, 7) is 9.45. The molecule has 2 rings (SSSR count). The Hall–Kier alpha value is -0.0800. The minimum atomic E-state index is 0.388. The first-order valence-corrected chi connectivity index (χ1v) is 5.60. The Bertz CT molecular complexity index is 192. The molecule has 0 aromatic heterocycles. The van der Waals surface area contributed by atoms with E-state index in [2.05, 4.69) is 38.5 Å². The molecule has 76 valence electrons. The molecule has 4 unspecified atom stereocenters. The van der Waals surface area contributed by atoms with Gasteiger partial charge in [0.05, 0.1) is 0 Å². The lowest BCUT2D eigenvalue weighted by atomic mass is 9.73. The van der Waals surface area contributed by atoms with Gasteiger partial charge in [-0.1, -0.05) is 27.7 Å². The molecule has 13 heavy (non-hydrogen) atoms. The van der Waals surface area contributed by atoms with E-state index < -0.39 is 0 Å². The summed E-state index contributed by atoms with van der Waals surface area (Å²) in [5.41, 5.74) is 7.37. The molecule has 4 atom stereocenters. The van der Waals surface area contributed by atoms with Gasteiger partial charge in [0.1, 0.15) is 0 Å². The SMILES string of the molecule is CC(C)C(C)C12CCC(NN1)C2C. The smallest absolute Gasteiger partial charge is 0.0393 e. The highest BCUT2D eigenvalue weighted by molar-refractivity contribution is 5.10. The van der Waals surface area contributed by atoms with Crippen molar-refractivity contribution in [3.63, 3.8) is 0 Å². The molecule has 0 amide bonds. The largest absolute Gasteiger partial charge is 0.254 e. The second-order valence-corrected chi connectivity index (χ2v) is 5.28. The summed E-state index contributed by atoms with van der Waals surface area (Å²) in [4.78, 5) is 0. The number of hydrogen-bond acceptors (Lipinski definition) is 2. The van der Waals surface area contributed by atoms with E-state index in [0.717, 1.165) is 23.8 Å². The fraction of sp³-hybridized carbons (Fsp3) is 1.00. The van der Waals surface area contributed by atoms with Crippen LogP contribution in [0.25, 0.3) is 0 Å². The third kappa shape index (κ3) is 1.15. The highest BCUT2D eigenvalue weighted by Gasteiger charge is 2.54. The topological polar surface area (TPSA) is 24.1 Å². The quantitative estimate of drug-likeness (QED) is 0.682. The van der Waals surface area contributed by atoms with Crippen LogP contribution in [0.3, 0.4) is 0 Å². The van der Waals surface area contributed by atoms with Crippen LogP contribution in [-0.2, 0) is 0 Å². The average molecular weight is 182 g/mol. The van der Waals surface area contributed by atoms with Gasteiger partial charge in [-0.15, -0.1) is 0 Å². The molecule has 1 heterocycles. The summed E-state index contributed by atoms with van der Waals surface area (Å²) in [5.74, 6) is 2.33. The van der Waals surface area contributed by atoms with Crippen molar-refractivity contribution in [3.05, 3.63) is 0 Å². The Labute approximate surface area is 81.4 Å². The van der Waals surface area contributed by atoms with Crippen molar-refractivity contribution in [2.45, 2.75) is 52.1 Å². The summed E-state index contributed by atoms with van der Waals surface area (Å²) in [7, 11) is 0. The van der Waals surface area contributed by atoms with Crippen LogP contribution in [0.2, 0.25) is 0 Å². The van der Waals surface area contributed by atoms with E-state index in [1.807, 2.05) is 0 Å². The Morgan fingerprint density at radius 2 is 2.00 bits per heavy atom. The van der Waals surface area contributed by atoms with E-state index in [1.54, 1.807) is 0 Å². The first kappa shape index (κ1) is 9.47. The fourth-order valence-electron chi connectivity index (χ4n) is 3.18. The van der Waals surface area contributed by atoms with Crippen LogP contribution in [0.4, 0.5) is 0 Å². The van der Waals surface area contributed by atoms with Crippen molar-refractivity contribution >= 4 is 0 Å². The lowest BCUT2D eigenvalue weighted by molar-refractivity contribution is 0.154. The molecule has 1 aliphatic heterocycles. The van der Waals surface area contributed by atoms with Gasteiger partial charge in [-0.05, 0) is 30.6 Å². The van der Waals surface area contributed by atoms with E-state index in [4.69, 9.17) is 0 Å². The first-order chi connectivity index (χ1) is 6.08. The molecule has 0 aromatic rings. The monoisotopic (exact) mass is 182 g/mol. The van der Waals surface area contributed by atoms with E-state index in [9.17, 15) is 0 Å². The summed E-state index contributed by atoms with van der Waals surface area (Å²) < 4.78 is 0. The maximum absolute atomic E-state index is 3.55. The first-order valence-electron chi connectivity index (χ1n) is 5.60. The van der Waals surface area contributed by atoms with Crippen molar-refractivity contribution < 1.29 is 0 Å². The normalized spacial score (nSPS) is 45.9. The van der Waals surface area contributed by atoms with Gasteiger partial charge in [0.2, 0.25) is 0 Å². The number of fused-ring (bicyclic) bond motifs is 2. The lowest BCUT2D eigenvalue weighted by Crippen LogP contribution is -2.53. The zero-order valence-electron chi connectivity index (χ0n) is 9.22. The second kappa shape index (κ2) is 2.96.